The molecule has 0 spiro atoms. The molecule has 0 radical (unpaired) electrons. The Morgan fingerprint density at radius 1 is 0.947 bits per heavy atom. The Morgan fingerprint density at radius 2 is 1.61 bits per heavy atom. The highest BCUT2D eigenvalue weighted by molar-refractivity contribution is 5.97. The van der Waals surface area contributed by atoms with Crippen molar-refractivity contribution < 1.29 is 28.6 Å². The highest BCUT2D eigenvalue weighted by Crippen LogP contribution is 2.41. The summed E-state index contributed by atoms with van der Waals surface area (Å²) in [6.07, 6.45) is 4.58. The first-order valence-electron chi connectivity index (χ1n) is 13.0. The number of carbonyl (C=O) groups excluding carboxylic acids is 3. The molecule has 1 aliphatic rings. The van der Waals surface area contributed by atoms with E-state index in [4.69, 9.17) is 14.2 Å². The van der Waals surface area contributed by atoms with Crippen molar-refractivity contribution >= 4 is 17.7 Å². The van der Waals surface area contributed by atoms with Crippen LogP contribution in [0.3, 0.4) is 0 Å². The molecule has 0 saturated carbocycles. The van der Waals surface area contributed by atoms with Crippen molar-refractivity contribution in [1.29, 1.82) is 0 Å². The highest BCUT2D eigenvalue weighted by atomic mass is 16.5. The Morgan fingerprint density at radius 3 is 2.18 bits per heavy atom. The fourth-order valence-corrected chi connectivity index (χ4v) is 4.57. The third-order valence-electron chi connectivity index (χ3n) is 6.85. The van der Waals surface area contributed by atoms with Gasteiger partial charge in [-0.3, -0.25) is 14.4 Å². The zero-order chi connectivity index (χ0) is 27.7. The third kappa shape index (κ3) is 6.96. The molecule has 1 fully saturated rings. The van der Waals surface area contributed by atoms with Crippen LogP contribution in [-0.4, -0.2) is 81.6 Å². The molecule has 1 unspecified atom stereocenters. The fraction of sp³-hybridized carbons (Fsp3) is 0.483. The molecule has 3 amide bonds. The van der Waals surface area contributed by atoms with Gasteiger partial charge in [0.1, 0.15) is 19.1 Å². The van der Waals surface area contributed by atoms with Crippen LogP contribution < -0.4 is 19.5 Å². The average Bonchev–Trinajstić information content (AvgIpc) is 2.93. The van der Waals surface area contributed by atoms with Crippen molar-refractivity contribution in [3.63, 3.8) is 0 Å². The predicted octanol–water partition coefficient (Wildman–Crippen LogP) is 3.29. The second-order valence-corrected chi connectivity index (χ2v) is 9.44. The van der Waals surface area contributed by atoms with E-state index in [1.54, 1.807) is 28.4 Å². The van der Waals surface area contributed by atoms with Crippen LogP contribution in [0.25, 0.3) is 11.1 Å². The Hall–Kier alpha value is -3.75. The van der Waals surface area contributed by atoms with Gasteiger partial charge in [-0.2, -0.15) is 0 Å². The summed E-state index contributed by atoms with van der Waals surface area (Å²) in [7, 11) is 6.35. The van der Waals surface area contributed by atoms with Crippen LogP contribution in [-0.2, 0) is 20.8 Å². The van der Waals surface area contributed by atoms with Crippen LogP contribution in [0.1, 0.15) is 38.2 Å². The lowest BCUT2D eigenvalue weighted by atomic mass is 9.98. The van der Waals surface area contributed by atoms with E-state index < -0.39 is 6.04 Å². The molecule has 3 rings (SSSR count). The summed E-state index contributed by atoms with van der Waals surface area (Å²) in [5, 5.41) is 2.86. The van der Waals surface area contributed by atoms with Crippen LogP contribution in [0.5, 0.6) is 17.2 Å². The van der Waals surface area contributed by atoms with E-state index in [-0.39, 0.29) is 30.8 Å². The van der Waals surface area contributed by atoms with E-state index in [0.717, 1.165) is 42.4 Å². The van der Waals surface area contributed by atoms with E-state index >= 15 is 0 Å². The largest absolute Gasteiger partial charge is 0.493 e. The number of piperazine rings is 1. The summed E-state index contributed by atoms with van der Waals surface area (Å²) in [6, 6.07) is 10.9. The van der Waals surface area contributed by atoms with E-state index in [1.165, 1.54) is 9.80 Å². The van der Waals surface area contributed by atoms with Gasteiger partial charge >= 0.3 is 0 Å². The lowest BCUT2D eigenvalue weighted by Crippen LogP contribution is -2.60. The molecule has 2 aromatic rings. The number of unbranched alkanes of at least 4 members (excludes halogenated alkanes) is 3. The predicted molar refractivity (Wildman–Crippen MR) is 146 cm³/mol. The fourth-order valence-electron chi connectivity index (χ4n) is 4.57. The number of hydrogen-bond donors (Lipinski definition) is 1. The van der Waals surface area contributed by atoms with Gasteiger partial charge in [0, 0.05) is 20.0 Å². The Balaban J connectivity index is 1.69. The molecular formula is C29H39N3O6. The zero-order valence-electron chi connectivity index (χ0n) is 23.0. The maximum Gasteiger partial charge on any atom is 0.246 e. The van der Waals surface area contributed by atoms with Crippen molar-refractivity contribution in [3.05, 3.63) is 42.0 Å². The summed E-state index contributed by atoms with van der Waals surface area (Å²) < 4.78 is 16.3. The second kappa shape index (κ2) is 13.7. The lowest BCUT2D eigenvalue weighted by molar-refractivity contribution is -0.155. The molecule has 1 heterocycles. The summed E-state index contributed by atoms with van der Waals surface area (Å²) in [5.41, 5.74) is 2.73. The highest BCUT2D eigenvalue weighted by Gasteiger charge is 2.37. The number of nitrogens with zero attached hydrogens (tertiary/aromatic N) is 2. The van der Waals surface area contributed by atoms with Crippen LogP contribution in [0.4, 0.5) is 0 Å². The molecule has 9 heteroatoms. The maximum atomic E-state index is 13.2. The molecule has 0 aliphatic carbocycles. The minimum atomic E-state index is -0.666. The van der Waals surface area contributed by atoms with Gasteiger partial charge in [0.2, 0.25) is 23.5 Å². The van der Waals surface area contributed by atoms with Crippen LogP contribution in [0.2, 0.25) is 0 Å². The Labute approximate surface area is 225 Å². The first-order valence-corrected chi connectivity index (χ1v) is 13.0. The molecule has 38 heavy (non-hydrogen) atoms. The normalized spacial score (nSPS) is 15.4. The van der Waals surface area contributed by atoms with Crippen LogP contribution >= 0.6 is 0 Å². The van der Waals surface area contributed by atoms with Crippen molar-refractivity contribution in [3.8, 4) is 28.4 Å². The molecule has 1 N–H and O–H groups in total. The zero-order valence-corrected chi connectivity index (χ0v) is 23.0. The third-order valence-corrected chi connectivity index (χ3v) is 6.85. The van der Waals surface area contributed by atoms with Crippen molar-refractivity contribution in [2.45, 2.75) is 45.1 Å². The van der Waals surface area contributed by atoms with Crippen molar-refractivity contribution in [1.82, 2.24) is 15.1 Å². The maximum absolute atomic E-state index is 13.2. The van der Waals surface area contributed by atoms with Gasteiger partial charge in [-0.25, -0.2) is 0 Å². The molecule has 1 saturated heterocycles. The number of methoxy groups -OCH3 is 3. The minimum absolute atomic E-state index is 0.0881. The molecule has 1 atom stereocenters. The van der Waals surface area contributed by atoms with Crippen LogP contribution in [0, 0.1) is 0 Å². The summed E-state index contributed by atoms with van der Waals surface area (Å²) >= 11 is 0. The van der Waals surface area contributed by atoms with E-state index in [9.17, 15) is 14.4 Å². The van der Waals surface area contributed by atoms with Gasteiger partial charge in [-0.05, 0) is 35.2 Å². The molecular weight excluding hydrogens is 486 g/mol. The average molecular weight is 526 g/mol. The number of nitrogens with one attached hydrogen (secondary N) is 1. The Bertz CT molecular complexity index is 1090. The number of rotatable bonds is 13. The van der Waals surface area contributed by atoms with Gasteiger partial charge in [-0.1, -0.05) is 50.5 Å². The van der Waals surface area contributed by atoms with Gasteiger partial charge in [0.15, 0.2) is 11.5 Å². The molecule has 2 aromatic carbocycles. The number of carbonyl (C=O) groups is 3. The van der Waals surface area contributed by atoms with Crippen molar-refractivity contribution in [2.24, 2.45) is 0 Å². The molecule has 206 valence electrons. The monoisotopic (exact) mass is 525 g/mol. The molecule has 0 aromatic heterocycles. The Kier molecular flexibility index (Phi) is 10.4. The molecule has 0 bridgehead atoms. The summed E-state index contributed by atoms with van der Waals surface area (Å²) in [5.74, 6) is 1.00. The first kappa shape index (κ1) is 28.8. The number of benzene rings is 2. The van der Waals surface area contributed by atoms with Crippen molar-refractivity contribution in [2.75, 3.05) is 48.0 Å². The van der Waals surface area contributed by atoms with Gasteiger partial charge < -0.3 is 29.3 Å². The topological polar surface area (TPSA) is 97.4 Å². The van der Waals surface area contributed by atoms with Crippen LogP contribution in [0.15, 0.2) is 36.4 Å². The quantitative estimate of drug-likeness (QED) is 0.403. The smallest absolute Gasteiger partial charge is 0.246 e. The van der Waals surface area contributed by atoms with Gasteiger partial charge in [-0.15, -0.1) is 0 Å². The summed E-state index contributed by atoms with van der Waals surface area (Å²) in [4.78, 5) is 41.1. The number of ether oxygens (including phenoxy) is 3. The van der Waals surface area contributed by atoms with E-state index in [1.807, 2.05) is 36.4 Å². The second-order valence-electron chi connectivity index (χ2n) is 9.44. The van der Waals surface area contributed by atoms with E-state index in [0.29, 0.717) is 30.2 Å². The number of likely N-dealkylation sites (N-methyl/N-ethyl adjacent to an activating group) is 1. The molecule has 1 aliphatic heterocycles. The summed E-state index contributed by atoms with van der Waals surface area (Å²) in [6.45, 7) is 2.52. The van der Waals surface area contributed by atoms with Gasteiger partial charge in [0.25, 0.3) is 0 Å². The number of hydrogen-bond acceptors (Lipinski definition) is 6. The molecule has 9 nitrogen and oxygen atoms in total. The standard InChI is InChI=1S/C29H39N3O6/c1-6-7-8-9-14-30-26(33)18-32-19-27(34)31(2)23(29(32)35)15-20-10-12-21(13-11-20)22-16-24(36-3)28(38-5)25(17-22)37-4/h10-13,16-17,23H,6-9,14-15,18-19H2,1-5H3,(H,30,33). The number of amides is 3. The lowest BCUT2D eigenvalue weighted by Gasteiger charge is -2.38. The van der Waals surface area contributed by atoms with Gasteiger partial charge in [0.05, 0.1) is 21.3 Å². The first-order chi connectivity index (χ1) is 18.3. The SMILES string of the molecule is CCCCCCNC(=O)CN1CC(=O)N(C)C(Cc2ccc(-c3cc(OC)c(OC)c(OC)c3)cc2)C1=O. The minimum Gasteiger partial charge on any atom is -0.493 e. The van der Waals surface area contributed by atoms with E-state index in [2.05, 4.69) is 12.2 Å².